The van der Waals surface area contributed by atoms with Crippen LogP contribution in [-0.4, -0.2) is 30.6 Å². The highest BCUT2D eigenvalue weighted by Gasteiger charge is 2.33. The number of hydrogen-bond donors (Lipinski definition) is 1. The number of rotatable bonds is 4. The van der Waals surface area contributed by atoms with E-state index in [0.717, 1.165) is 12.5 Å². The van der Waals surface area contributed by atoms with Crippen molar-refractivity contribution in [2.24, 2.45) is 11.7 Å². The third-order valence-corrected chi connectivity index (χ3v) is 2.61. The zero-order valence-electron chi connectivity index (χ0n) is 8.64. The zero-order chi connectivity index (χ0) is 9.19. The Bertz CT molecular complexity index is 139. The fourth-order valence-electron chi connectivity index (χ4n) is 2.01. The van der Waals surface area contributed by atoms with Gasteiger partial charge in [0.15, 0.2) is 0 Å². The van der Waals surface area contributed by atoms with Crippen LogP contribution in [0.1, 0.15) is 33.1 Å². The van der Waals surface area contributed by atoms with Crippen LogP contribution in [0.3, 0.4) is 0 Å². The van der Waals surface area contributed by atoms with Crippen LogP contribution in [0.4, 0.5) is 0 Å². The van der Waals surface area contributed by atoms with Gasteiger partial charge < -0.3 is 10.6 Å². The van der Waals surface area contributed by atoms with Gasteiger partial charge in [0.2, 0.25) is 0 Å². The Morgan fingerprint density at radius 3 is 2.33 bits per heavy atom. The van der Waals surface area contributed by atoms with Crippen molar-refractivity contribution >= 4 is 0 Å². The van der Waals surface area contributed by atoms with Crippen molar-refractivity contribution in [3.63, 3.8) is 0 Å². The summed E-state index contributed by atoms with van der Waals surface area (Å²) in [4.78, 5) is 2.36. The predicted octanol–water partition coefficient (Wildman–Crippen LogP) is 1.46. The molecule has 2 N–H and O–H groups in total. The average molecular weight is 170 g/mol. The standard InChI is InChI=1S/C10H22N2/c1-9(2)7-12(3)8-10(11)5-4-6-10/h9H,4-8,11H2,1-3H3. The van der Waals surface area contributed by atoms with E-state index in [2.05, 4.69) is 25.8 Å². The molecular formula is C10H22N2. The molecule has 0 amide bonds. The molecule has 0 spiro atoms. The summed E-state index contributed by atoms with van der Waals surface area (Å²) in [5.74, 6) is 0.749. The van der Waals surface area contributed by atoms with Crippen molar-refractivity contribution in [1.82, 2.24) is 4.90 Å². The van der Waals surface area contributed by atoms with E-state index in [0.29, 0.717) is 0 Å². The molecule has 72 valence electrons. The van der Waals surface area contributed by atoms with Crippen molar-refractivity contribution in [3.8, 4) is 0 Å². The molecule has 2 nitrogen and oxygen atoms in total. The van der Waals surface area contributed by atoms with Gasteiger partial charge in [0, 0.05) is 18.6 Å². The first kappa shape index (κ1) is 10.0. The maximum atomic E-state index is 6.14. The fraction of sp³-hybridized carbons (Fsp3) is 1.00. The number of nitrogens with two attached hydrogens (primary N) is 1. The van der Waals surface area contributed by atoms with Crippen molar-refractivity contribution < 1.29 is 0 Å². The predicted molar refractivity (Wildman–Crippen MR) is 53.1 cm³/mol. The highest BCUT2D eigenvalue weighted by atomic mass is 15.1. The molecule has 2 heteroatoms. The van der Waals surface area contributed by atoms with Crippen LogP contribution in [0.25, 0.3) is 0 Å². The molecule has 1 saturated carbocycles. The van der Waals surface area contributed by atoms with Gasteiger partial charge in [-0.25, -0.2) is 0 Å². The lowest BCUT2D eigenvalue weighted by Crippen LogP contribution is -2.54. The molecule has 0 radical (unpaired) electrons. The van der Waals surface area contributed by atoms with Crippen LogP contribution in [-0.2, 0) is 0 Å². The van der Waals surface area contributed by atoms with Crippen molar-refractivity contribution in [2.75, 3.05) is 20.1 Å². The van der Waals surface area contributed by atoms with Gasteiger partial charge in [0.05, 0.1) is 0 Å². The molecule has 0 aromatic rings. The number of likely N-dealkylation sites (N-methyl/N-ethyl adjacent to an activating group) is 1. The lowest BCUT2D eigenvalue weighted by molar-refractivity contribution is 0.156. The van der Waals surface area contributed by atoms with Crippen molar-refractivity contribution in [2.45, 2.75) is 38.6 Å². The van der Waals surface area contributed by atoms with Gasteiger partial charge in [-0.05, 0) is 32.2 Å². The van der Waals surface area contributed by atoms with E-state index < -0.39 is 0 Å². The zero-order valence-corrected chi connectivity index (χ0v) is 8.64. The Labute approximate surface area is 76.1 Å². The first-order valence-corrected chi connectivity index (χ1v) is 4.99. The van der Waals surface area contributed by atoms with Gasteiger partial charge in [0.25, 0.3) is 0 Å². The number of hydrogen-bond acceptors (Lipinski definition) is 2. The SMILES string of the molecule is CC(C)CN(C)CC1(N)CCC1. The van der Waals surface area contributed by atoms with Crippen molar-refractivity contribution in [1.29, 1.82) is 0 Å². The van der Waals surface area contributed by atoms with E-state index in [1.807, 2.05) is 0 Å². The van der Waals surface area contributed by atoms with E-state index in [9.17, 15) is 0 Å². The molecule has 1 fully saturated rings. The Morgan fingerprint density at radius 2 is 2.00 bits per heavy atom. The molecule has 0 heterocycles. The lowest BCUT2D eigenvalue weighted by atomic mass is 9.77. The molecular weight excluding hydrogens is 148 g/mol. The van der Waals surface area contributed by atoms with Gasteiger partial charge >= 0.3 is 0 Å². The Hall–Kier alpha value is -0.0800. The summed E-state index contributed by atoms with van der Waals surface area (Å²) in [5, 5.41) is 0. The third kappa shape index (κ3) is 2.76. The largest absolute Gasteiger partial charge is 0.324 e. The highest BCUT2D eigenvalue weighted by Crippen LogP contribution is 2.29. The van der Waals surface area contributed by atoms with Crippen LogP contribution in [0.15, 0.2) is 0 Å². The Morgan fingerprint density at radius 1 is 1.42 bits per heavy atom. The normalized spacial score (nSPS) is 21.5. The molecule has 0 aliphatic heterocycles. The first-order valence-electron chi connectivity index (χ1n) is 4.99. The Balaban J connectivity index is 2.20. The summed E-state index contributed by atoms with van der Waals surface area (Å²) >= 11 is 0. The second-order valence-electron chi connectivity index (χ2n) is 4.81. The summed E-state index contributed by atoms with van der Waals surface area (Å²) < 4.78 is 0. The molecule has 0 saturated heterocycles. The summed E-state index contributed by atoms with van der Waals surface area (Å²) in [6.45, 7) is 6.74. The van der Waals surface area contributed by atoms with E-state index in [1.54, 1.807) is 0 Å². The molecule has 1 aliphatic carbocycles. The molecule has 0 unspecified atom stereocenters. The number of nitrogens with zero attached hydrogens (tertiary/aromatic N) is 1. The van der Waals surface area contributed by atoms with Gasteiger partial charge in [-0.3, -0.25) is 0 Å². The summed E-state index contributed by atoms with van der Waals surface area (Å²) in [6.07, 6.45) is 3.76. The molecule has 0 atom stereocenters. The monoisotopic (exact) mass is 170 g/mol. The second kappa shape index (κ2) is 3.75. The topological polar surface area (TPSA) is 29.3 Å². The van der Waals surface area contributed by atoms with Crippen LogP contribution in [0, 0.1) is 5.92 Å². The molecule has 0 aromatic carbocycles. The maximum Gasteiger partial charge on any atom is 0.0283 e. The van der Waals surface area contributed by atoms with Crippen LogP contribution >= 0.6 is 0 Å². The summed E-state index contributed by atoms with van der Waals surface area (Å²) in [7, 11) is 2.17. The van der Waals surface area contributed by atoms with Crippen LogP contribution in [0.5, 0.6) is 0 Å². The van der Waals surface area contributed by atoms with Crippen molar-refractivity contribution in [3.05, 3.63) is 0 Å². The van der Waals surface area contributed by atoms with Gasteiger partial charge in [0.1, 0.15) is 0 Å². The minimum atomic E-state index is 0.156. The lowest BCUT2D eigenvalue weighted by Gasteiger charge is -2.41. The minimum absolute atomic E-state index is 0.156. The minimum Gasteiger partial charge on any atom is -0.324 e. The third-order valence-electron chi connectivity index (χ3n) is 2.61. The summed E-state index contributed by atoms with van der Waals surface area (Å²) in [5.41, 5.74) is 6.29. The van der Waals surface area contributed by atoms with Gasteiger partial charge in [-0.15, -0.1) is 0 Å². The van der Waals surface area contributed by atoms with E-state index in [-0.39, 0.29) is 5.54 Å². The summed E-state index contributed by atoms with van der Waals surface area (Å²) in [6, 6.07) is 0. The molecule has 12 heavy (non-hydrogen) atoms. The van der Waals surface area contributed by atoms with E-state index in [4.69, 9.17) is 5.73 Å². The smallest absolute Gasteiger partial charge is 0.0283 e. The molecule has 1 rings (SSSR count). The molecule has 0 bridgehead atoms. The molecule has 1 aliphatic rings. The van der Waals surface area contributed by atoms with Gasteiger partial charge in [-0.1, -0.05) is 13.8 Å². The van der Waals surface area contributed by atoms with Crippen LogP contribution in [0.2, 0.25) is 0 Å². The maximum absolute atomic E-state index is 6.14. The van der Waals surface area contributed by atoms with E-state index in [1.165, 1.54) is 25.8 Å². The average Bonchev–Trinajstić information content (AvgIpc) is 1.81. The fourth-order valence-corrected chi connectivity index (χ4v) is 2.01. The Kier molecular flexibility index (Phi) is 3.13. The van der Waals surface area contributed by atoms with Gasteiger partial charge in [-0.2, -0.15) is 0 Å². The quantitative estimate of drug-likeness (QED) is 0.692. The first-order chi connectivity index (χ1) is 5.52. The highest BCUT2D eigenvalue weighted by molar-refractivity contribution is 4.94. The molecule has 0 aromatic heterocycles. The second-order valence-corrected chi connectivity index (χ2v) is 4.81. The van der Waals surface area contributed by atoms with E-state index >= 15 is 0 Å². The van der Waals surface area contributed by atoms with Crippen LogP contribution < -0.4 is 5.73 Å².